The summed E-state index contributed by atoms with van der Waals surface area (Å²) < 4.78 is 17.8. The van der Waals surface area contributed by atoms with Crippen molar-refractivity contribution in [3.05, 3.63) is 27.7 Å². The van der Waals surface area contributed by atoms with Gasteiger partial charge in [-0.3, -0.25) is 0 Å². The summed E-state index contributed by atoms with van der Waals surface area (Å²) in [7, 11) is 1.71. The third kappa shape index (κ3) is 5.25. The molecular weight excluding hydrogens is 334 g/mol. The minimum Gasteiger partial charge on any atom is -0.490 e. The van der Waals surface area contributed by atoms with Crippen LogP contribution in [0.2, 0.25) is 0 Å². The molecule has 1 fully saturated rings. The van der Waals surface area contributed by atoms with Crippen LogP contribution in [0.4, 0.5) is 0 Å². The normalized spacial score (nSPS) is 18.1. The second-order valence-electron chi connectivity index (χ2n) is 5.33. The van der Waals surface area contributed by atoms with Gasteiger partial charge in [0, 0.05) is 36.8 Å². The van der Waals surface area contributed by atoms with E-state index in [2.05, 4.69) is 40.3 Å². The molecule has 1 heterocycles. The van der Waals surface area contributed by atoms with Gasteiger partial charge in [-0.15, -0.1) is 0 Å². The van der Waals surface area contributed by atoms with Crippen LogP contribution in [0.5, 0.6) is 5.75 Å². The van der Waals surface area contributed by atoms with Gasteiger partial charge in [0.1, 0.15) is 12.4 Å². The quantitative estimate of drug-likeness (QED) is 0.725. The van der Waals surface area contributed by atoms with Gasteiger partial charge in [0.05, 0.1) is 12.7 Å². The van der Waals surface area contributed by atoms with Crippen LogP contribution in [0.15, 0.2) is 16.6 Å². The molecule has 118 valence electrons. The first-order valence-electron chi connectivity index (χ1n) is 7.43. The SMILES string of the molecule is COCCNCc1cc(Br)cc(C)c1OCC1CCCO1. The molecule has 1 aliphatic rings. The Labute approximate surface area is 135 Å². The molecule has 1 aliphatic heterocycles. The molecule has 1 saturated heterocycles. The zero-order valence-electron chi connectivity index (χ0n) is 12.8. The number of nitrogens with one attached hydrogen (secondary N) is 1. The van der Waals surface area contributed by atoms with Gasteiger partial charge >= 0.3 is 0 Å². The number of methoxy groups -OCH3 is 1. The lowest BCUT2D eigenvalue weighted by Crippen LogP contribution is -2.21. The Kier molecular flexibility index (Phi) is 6.96. The summed E-state index contributed by atoms with van der Waals surface area (Å²) in [4.78, 5) is 0. The van der Waals surface area contributed by atoms with Crippen molar-refractivity contribution >= 4 is 15.9 Å². The average Bonchev–Trinajstić information content (AvgIpc) is 2.95. The molecule has 4 nitrogen and oxygen atoms in total. The minimum atomic E-state index is 0.238. The van der Waals surface area contributed by atoms with E-state index in [1.807, 2.05) is 0 Å². The maximum Gasteiger partial charge on any atom is 0.126 e. The highest BCUT2D eigenvalue weighted by Crippen LogP contribution is 2.29. The highest BCUT2D eigenvalue weighted by atomic mass is 79.9. The van der Waals surface area contributed by atoms with Crippen LogP contribution in [-0.4, -0.2) is 39.6 Å². The summed E-state index contributed by atoms with van der Waals surface area (Å²) in [6.45, 7) is 5.87. The Bertz CT molecular complexity index is 447. The van der Waals surface area contributed by atoms with Crippen LogP contribution in [-0.2, 0) is 16.0 Å². The predicted octanol–water partition coefficient (Wildman–Crippen LogP) is 3.05. The average molecular weight is 358 g/mol. The van der Waals surface area contributed by atoms with Crippen LogP contribution in [0.3, 0.4) is 0 Å². The summed E-state index contributed by atoms with van der Waals surface area (Å²) in [5, 5.41) is 3.37. The summed E-state index contributed by atoms with van der Waals surface area (Å²) in [5.41, 5.74) is 2.31. The van der Waals surface area contributed by atoms with E-state index in [9.17, 15) is 0 Å². The summed E-state index contributed by atoms with van der Waals surface area (Å²) in [6, 6.07) is 4.20. The standard InChI is InChI=1S/C16H24BrNO3/c1-12-8-14(17)9-13(10-18-5-7-19-2)16(12)21-11-15-4-3-6-20-15/h8-9,15,18H,3-7,10-11H2,1-2H3. The summed E-state index contributed by atoms with van der Waals surface area (Å²) in [6.07, 6.45) is 2.47. The molecule has 5 heteroatoms. The molecule has 0 aromatic heterocycles. The maximum absolute atomic E-state index is 6.05. The third-order valence-electron chi connectivity index (χ3n) is 3.55. The van der Waals surface area contributed by atoms with Crippen LogP contribution in [0.1, 0.15) is 24.0 Å². The molecule has 21 heavy (non-hydrogen) atoms. The minimum absolute atomic E-state index is 0.238. The number of ether oxygens (including phenoxy) is 3. The molecule has 2 rings (SSSR count). The van der Waals surface area contributed by atoms with E-state index in [-0.39, 0.29) is 6.10 Å². The smallest absolute Gasteiger partial charge is 0.126 e. The number of hydrogen-bond acceptors (Lipinski definition) is 4. The molecule has 1 aromatic rings. The van der Waals surface area contributed by atoms with E-state index in [4.69, 9.17) is 14.2 Å². The lowest BCUT2D eigenvalue weighted by molar-refractivity contribution is 0.0673. The van der Waals surface area contributed by atoms with Crippen LogP contribution < -0.4 is 10.1 Å². The molecule has 1 unspecified atom stereocenters. The van der Waals surface area contributed by atoms with E-state index in [1.165, 1.54) is 0 Å². The van der Waals surface area contributed by atoms with E-state index in [0.29, 0.717) is 13.2 Å². The van der Waals surface area contributed by atoms with Gasteiger partial charge in [0.15, 0.2) is 0 Å². The predicted molar refractivity (Wildman–Crippen MR) is 86.9 cm³/mol. The van der Waals surface area contributed by atoms with E-state index < -0.39 is 0 Å². The second-order valence-corrected chi connectivity index (χ2v) is 6.24. The van der Waals surface area contributed by atoms with Crippen molar-refractivity contribution in [1.29, 1.82) is 0 Å². The van der Waals surface area contributed by atoms with Gasteiger partial charge in [0.25, 0.3) is 0 Å². The second kappa shape index (κ2) is 8.73. The molecular formula is C16H24BrNO3. The highest BCUT2D eigenvalue weighted by Gasteiger charge is 2.17. The molecule has 0 bridgehead atoms. The summed E-state index contributed by atoms with van der Waals surface area (Å²) in [5.74, 6) is 0.971. The number of halogens is 1. The molecule has 1 N–H and O–H groups in total. The lowest BCUT2D eigenvalue weighted by atomic mass is 10.1. The van der Waals surface area contributed by atoms with Gasteiger partial charge in [-0.25, -0.2) is 0 Å². The number of benzene rings is 1. The van der Waals surface area contributed by atoms with Crippen molar-refractivity contribution in [1.82, 2.24) is 5.32 Å². The van der Waals surface area contributed by atoms with Crippen LogP contribution in [0.25, 0.3) is 0 Å². The first-order valence-corrected chi connectivity index (χ1v) is 8.23. The van der Waals surface area contributed by atoms with Crippen molar-refractivity contribution < 1.29 is 14.2 Å². The van der Waals surface area contributed by atoms with Gasteiger partial charge in [-0.2, -0.15) is 0 Å². The zero-order valence-corrected chi connectivity index (χ0v) is 14.4. The highest BCUT2D eigenvalue weighted by molar-refractivity contribution is 9.10. The van der Waals surface area contributed by atoms with E-state index >= 15 is 0 Å². The van der Waals surface area contributed by atoms with Crippen molar-refractivity contribution in [2.75, 3.05) is 33.5 Å². The first-order chi connectivity index (χ1) is 10.2. The van der Waals surface area contributed by atoms with Gasteiger partial charge in [-0.05, 0) is 37.5 Å². The fraction of sp³-hybridized carbons (Fsp3) is 0.625. The number of rotatable bonds is 8. The molecule has 0 saturated carbocycles. The van der Waals surface area contributed by atoms with Crippen LogP contribution >= 0.6 is 15.9 Å². The fourth-order valence-corrected chi connectivity index (χ4v) is 3.11. The van der Waals surface area contributed by atoms with E-state index in [1.54, 1.807) is 7.11 Å². The Morgan fingerprint density at radius 3 is 3.00 bits per heavy atom. The van der Waals surface area contributed by atoms with Crippen molar-refractivity contribution in [2.45, 2.75) is 32.4 Å². The molecule has 0 spiro atoms. The van der Waals surface area contributed by atoms with Gasteiger partial charge in [-0.1, -0.05) is 15.9 Å². The Balaban J connectivity index is 1.98. The Morgan fingerprint density at radius 1 is 1.43 bits per heavy atom. The summed E-state index contributed by atoms with van der Waals surface area (Å²) >= 11 is 3.55. The third-order valence-corrected chi connectivity index (χ3v) is 4.01. The van der Waals surface area contributed by atoms with Crippen LogP contribution in [0, 0.1) is 6.92 Å². The Hall–Kier alpha value is -0.620. The van der Waals surface area contributed by atoms with Gasteiger partial charge < -0.3 is 19.5 Å². The molecule has 0 aliphatic carbocycles. The zero-order chi connectivity index (χ0) is 15.1. The largest absolute Gasteiger partial charge is 0.490 e. The molecule has 1 atom stereocenters. The van der Waals surface area contributed by atoms with Crippen molar-refractivity contribution in [2.24, 2.45) is 0 Å². The lowest BCUT2D eigenvalue weighted by Gasteiger charge is -2.17. The maximum atomic E-state index is 6.05. The Morgan fingerprint density at radius 2 is 2.29 bits per heavy atom. The number of hydrogen-bond donors (Lipinski definition) is 1. The molecule has 0 radical (unpaired) electrons. The first kappa shape index (κ1) is 16.7. The van der Waals surface area contributed by atoms with Crippen molar-refractivity contribution in [3.63, 3.8) is 0 Å². The molecule has 0 amide bonds. The van der Waals surface area contributed by atoms with E-state index in [0.717, 1.165) is 53.9 Å². The van der Waals surface area contributed by atoms with Gasteiger partial charge in [0.2, 0.25) is 0 Å². The molecule has 1 aromatic carbocycles. The topological polar surface area (TPSA) is 39.7 Å². The number of aryl methyl sites for hydroxylation is 1. The van der Waals surface area contributed by atoms with Crippen molar-refractivity contribution in [3.8, 4) is 5.75 Å². The fourth-order valence-electron chi connectivity index (χ4n) is 2.49. The monoisotopic (exact) mass is 357 g/mol.